The molecule has 0 aromatic heterocycles. The summed E-state index contributed by atoms with van der Waals surface area (Å²) in [5.74, 6) is 0.546. The molecule has 1 aliphatic carbocycles. The van der Waals surface area contributed by atoms with Gasteiger partial charge in [-0.2, -0.15) is 0 Å². The fourth-order valence-corrected chi connectivity index (χ4v) is 2.41. The van der Waals surface area contributed by atoms with Gasteiger partial charge in [0.2, 0.25) is 0 Å². The number of ketones is 1. The monoisotopic (exact) mass is 255 g/mol. The lowest BCUT2D eigenvalue weighted by Gasteiger charge is -2.18. The van der Waals surface area contributed by atoms with E-state index >= 15 is 0 Å². The van der Waals surface area contributed by atoms with Crippen LogP contribution in [-0.2, 0) is 4.79 Å². The summed E-state index contributed by atoms with van der Waals surface area (Å²) in [6.45, 7) is 0. The van der Waals surface area contributed by atoms with Crippen LogP contribution < -0.4 is 5.32 Å². The van der Waals surface area contributed by atoms with E-state index in [1.807, 2.05) is 48.7 Å². The van der Waals surface area contributed by atoms with Gasteiger partial charge in [-0.25, -0.2) is 0 Å². The summed E-state index contributed by atoms with van der Waals surface area (Å²) < 4.78 is 0. The molecule has 2 rings (SSSR count). The average molecular weight is 255 g/mol. The fourth-order valence-electron chi connectivity index (χ4n) is 2.41. The molecule has 1 aliphatic rings. The van der Waals surface area contributed by atoms with Crippen LogP contribution in [0, 0.1) is 5.92 Å². The first-order valence-electron chi connectivity index (χ1n) is 7.05. The predicted octanol–water partition coefficient (Wildman–Crippen LogP) is 4.32. The number of benzene rings is 1. The lowest BCUT2D eigenvalue weighted by molar-refractivity contribution is -0.119. The van der Waals surface area contributed by atoms with Crippen molar-refractivity contribution in [3.8, 4) is 0 Å². The van der Waals surface area contributed by atoms with E-state index in [1.54, 1.807) is 6.08 Å². The number of carbonyl (C=O) groups is 1. The van der Waals surface area contributed by atoms with Crippen molar-refractivity contribution in [2.24, 2.45) is 5.92 Å². The van der Waals surface area contributed by atoms with Crippen LogP contribution in [0.25, 0.3) is 0 Å². The smallest absolute Gasteiger partial charge is 0.158 e. The van der Waals surface area contributed by atoms with Gasteiger partial charge in [-0.1, -0.05) is 43.5 Å². The van der Waals surface area contributed by atoms with Crippen molar-refractivity contribution >= 4 is 11.5 Å². The molecule has 2 nitrogen and oxygen atoms in total. The SMILES string of the molecule is O=C(/C=C/C=C/Nc1ccccc1)C1CCCCC1. The van der Waals surface area contributed by atoms with Crippen molar-refractivity contribution in [3.05, 3.63) is 54.8 Å². The molecule has 0 atom stereocenters. The molecule has 1 N–H and O–H groups in total. The van der Waals surface area contributed by atoms with Crippen LogP contribution in [-0.4, -0.2) is 5.78 Å². The van der Waals surface area contributed by atoms with Crippen LogP contribution >= 0.6 is 0 Å². The fraction of sp³-hybridized carbons (Fsp3) is 0.353. The summed E-state index contributed by atoms with van der Waals surface area (Å²) in [6.07, 6.45) is 13.1. The molecule has 1 saturated carbocycles. The quantitative estimate of drug-likeness (QED) is 0.627. The summed E-state index contributed by atoms with van der Waals surface area (Å²) in [5.41, 5.74) is 1.05. The maximum absolute atomic E-state index is 11.9. The van der Waals surface area contributed by atoms with E-state index in [-0.39, 0.29) is 11.7 Å². The minimum Gasteiger partial charge on any atom is -0.362 e. The first-order valence-corrected chi connectivity index (χ1v) is 7.05. The molecule has 0 heterocycles. The highest BCUT2D eigenvalue weighted by Crippen LogP contribution is 2.24. The number of hydrogen-bond donors (Lipinski definition) is 1. The molecule has 0 radical (unpaired) electrons. The number of nitrogens with one attached hydrogen (secondary N) is 1. The molecule has 2 heteroatoms. The maximum Gasteiger partial charge on any atom is 0.158 e. The van der Waals surface area contributed by atoms with Crippen molar-refractivity contribution in [2.45, 2.75) is 32.1 Å². The molecular weight excluding hydrogens is 234 g/mol. The van der Waals surface area contributed by atoms with Gasteiger partial charge in [0.05, 0.1) is 0 Å². The van der Waals surface area contributed by atoms with Crippen molar-refractivity contribution in [3.63, 3.8) is 0 Å². The second-order valence-corrected chi connectivity index (χ2v) is 4.97. The summed E-state index contributed by atoms with van der Waals surface area (Å²) in [5, 5.41) is 3.15. The Morgan fingerprint density at radius 1 is 1.05 bits per heavy atom. The Labute approximate surface area is 115 Å². The summed E-state index contributed by atoms with van der Waals surface area (Å²) in [6, 6.07) is 9.96. The molecule has 0 spiro atoms. The summed E-state index contributed by atoms with van der Waals surface area (Å²) in [4.78, 5) is 11.9. The number of anilines is 1. The summed E-state index contributed by atoms with van der Waals surface area (Å²) >= 11 is 0. The maximum atomic E-state index is 11.9. The predicted molar refractivity (Wildman–Crippen MR) is 79.9 cm³/mol. The second-order valence-electron chi connectivity index (χ2n) is 4.97. The van der Waals surface area contributed by atoms with Gasteiger partial charge in [-0.15, -0.1) is 0 Å². The lowest BCUT2D eigenvalue weighted by Crippen LogP contribution is -2.15. The topological polar surface area (TPSA) is 29.1 Å². The van der Waals surface area contributed by atoms with Gasteiger partial charge in [-0.05, 0) is 37.1 Å². The van der Waals surface area contributed by atoms with E-state index in [9.17, 15) is 4.79 Å². The van der Waals surface area contributed by atoms with Crippen LogP contribution in [0.15, 0.2) is 54.8 Å². The largest absolute Gasteiger partial charge is 0.362 e. The highest BCUT2D eigenvalue weighted by Gasteiger charge is 2.18. The number of para-hydroxylation sites is 1. The van der Waals surface area contributed by atoms with E-state index in [2.05, 4.69) is 5.32 Å². The van der Waals surface area contributed by atoms with Gasteiger partial charge in [-0.3, -0.25) is 4.79 Å². The van der Waals surface area contributed by atoms with Gasteiger partial charge in [0.1, 0.15) is 0 Å². The first-order chi connectivity index (χ1) is 9.36. The van der Waals surface area contributed by atoms with Crippen LogP contribution in [0.5, 0.6) is 0 Å². The van der Waals surface area contributed by atoms with E-state index in [0.717, 1.165) is 18.5 Å². The van der Waals surface area contributed by atoms with Crippen LogP contribution in [0.4, 0.5) is 5.69 Å². The average Bonchev–Trinajstić information content (AvgIpc) is 2.49. The number of allylic oxidation sites excluding steroid dienone is 3. The molecule has 100 valence electrons. The Balaban J connectivity index is 1.74. The minimum absolute atomic E-state index is 0.264. The van der Waals surface area contributed by atoms with E-state index in [0.29, 0.717) is 0 Å². The first kappa shape index (κ1) is 13.6. The van der Waals surface area contributed by atoms with E-state index in [4.69, 9.17) is 0 Å². The zero-order valence-corrected chi connectivity index (χ0v) is 11.2. The summed E-state index contributed by atoms with van der Waals surface area (Å²) in [7, 11) is 0. The Kier molecular flexibility index (Phi) is 5.42. The Hall–Kier alpha value is -1.83. The molecule has 1 aromatic rings. The zero-order chi connectivity index (χ0) is 13.3. The third kappa shape index (κ3) is 4.74. The Morgan fingerprint density at radius 2 is 1.79 bits per heavy atom. The van der Waals surface area contributed by atoms with Crippen molar-refractivity contribution < 1.29 is 4.79 Å². The standard InChI is InChI=1S/C17H21NO/c19-17(15-9-3-1-4-10-15)13-7-8-14-18-16-11-5-2-6-12-16/h2,5-8,11-15,18H,1,3-4,9-10H2/b13-7+,14-8+. The molecule has 0 aliphatic heterocycles. The highest BCUT2D eigenvalue weighted by atomic mass is 16.1. The lowest BCUT2D eigenvalue weighted by atomic mass is 9.86. The van der Waals surface area contributed by atoms with E-state index in [1.165, 1.54) is 19.3 Å². The number of hydrogen-bond acceptors (Lipinski definition) is 2. The Morgan fingerprint density at radius 3 is 2.53 bits per heavy atom. The Bertz CT molecular complexity index is 442. The third-order valence-corrected chi connectivity index (χ3v) is 3.50. The molecule has 1 fully saturated rings. The molecule has 0 unspecified atom stereocenters. The van der Waals surface area contributed by atoms with Gasteiger partial charge in [0.25, 0.3) is 0 Å². The number of carbonyl (C=O) groups excluding carboxylic acids is 1. The molecule has 19 heavy (non-hydrogen) atoms. The van der Waals surface area contributed by atoms with Gasteiger partial charge in [0, 0.05) is 17.8 Å². The molecule has 0 saturated heterocycles. The second kappa shape index (κ2) is 7.57. The van der Waals surface area contributed by atoms with Crippen LogP contribution in [0.3, 0.4) is 0 Å². The highest BCUT2D eigenvalue weighted by molar-refractivity contribution is 5.91. The van der Waals surface area contributed by atoms with Crippen LogP contribution in [0.1, 0.15) is 32.1 Å². The third-order valence-electron chi connectivity index (χ3n) is 3.50. The van der Waals surface area contributed by atoms with Gasteiger partial charge >= 0.3 is 0 Å². The van der Waals surface area contributed by atoms with Crippen molar-refractivity contribution in [2.75, 3.05) is 5.32 Å². The normalized spacial score (nSPS) is 17.1. The molecular formula is C17H21NO. The van der Waals surface area contributed by atoms with Gasteiger partial charge in [0.15, 0.2) is 5.78 Å². The molecule has 1 aromatic carbocycles. The van der Waals surface area contributed by atoms with Crippen molar-refractivity contribution in [1.82, 2.24) is 0 Å². The molecule has 0 amide bonds. The zero-order valence-electron chi connectivity index (χ0n) is 11.2. The minimum atomic E-state index is 0.264. The van der Waals surface area contributed by atoms with Crippen molar-refractivity contribution in [1.29, 1.82) is 0 Å². The van der Waals surface area contributed by atoms with Gasteiger partial charge < -0.3 is 5.32 Å². The molecule has 0 bridgehead atoms. The van der Waals surface area contributed by atoms with Crippen LogP contribution in [0.2, 0.25) is 0 Å². The van der Waals surface area contributed by atoms with E-state index < -0.39 is 0 Å². The number of rotatable bonds is 5.